The number of nitrogens with zero attached hydrogens (tertiary/aromatic N) is 1. The van der Waals surface area contributed by atoms with Crippen LogP contribution < -0.4 is 15.0 Å². The molecular weight excluding hydrogens is 316 g/mol. The van der Waals surface area contributed by atoms with Crippen molar-refractivity contribution in [1.82, 2.24) is 5.32 Å². The van der Waals surface area contributed by atoms with Crippen LogP contribution in [0.1, 0.15) is 51.4 Å². The topological polar surface area (TPSA) is 58.6 Å². The smallest absolute Gasteiger partial charge is 0.227 e. The number of ether oxygens (including phenoxy) is 1. The van der Waals surface area contributed by atoms with Crippen molar-refractivity contribution in [1.29, 1.82) is 0 Å². The van der Waals surface area contributed by atoms with Gasteiger partial charge in [-0.25, -0.2) is 0 Å². The monoisotopic (exact) mass is 344 g/mol. The summed E-state index contributed by atoms with van der Waals surface area (Å²) in [7, 11) is 1.60. The number of para-hydroxylation sites is 2. The maximum atomic E-state index is 12.7. The number of hydrogen-bond acceptors (Lipinski definition) is 3. The fraction of sp³-hybridized carbons (Fsp3) is 0.600. The fourth-order valence-corrected chi connectivity index (χ4v) is 3.89. The lowest BCUT2D eigenvalue weighted by molar-refractivity contribution is -0.127. The lowest BCUT2D eigenvalue weighted by Gasteiger charge is -2.23. The summed E-state index contributed by atoms with van der Waals surface area (Å²) in [5, 5.41) is 3.20. The van der Waals surface area contributed by atoms with E-state index in [2.05, 4.69) is 5.32 Å². The van der Waals surface area contributed by atoms with Crippen LogP contribution in [0.15, 0.2) is 24.3 Å². The maximum Gasteiger partial charge on any atom is 0.227 e. The zero-order valence-corrected chi connectivity index (χ0v) is 15.0. The van der Waals surface area contributed by atoms with Gasteiger partial charge in [0, 0.05) is 19.0 Å². The van der Waals surface area contributed by atoms with E-state index < -0.39 is 0 Å². The number of hydrogen-bond donors (Lipinski definition) is 1. The van der Waals surface area contributed by atoms with Crippen molar-refractivity contribution >= 4 is 17.5 Å². The third-order valence-corrected chi connectivity index (χ3v) is 5.32. The molecule has 0 spiro atoms. The summed E-state index contributed by atoms with van der Waals surface area (Å²) in [4.78, 5) is 26.8. The number of anilines is 1. The minimum atomic E-state index is -0.275. The van der Waals surface area contributed by atoms with Crippen molar-refractivity contribution in [2.24, 2.45) is 5.92 Å². The van der Waals surface area contributed by atoms with E-state index >= 15 is 0 Å². The highest BCUT2D eigenvalue weighted by Crippen LogP contribution is 2.33. The normalized spacial score (nSPS) is 22.4. The van der Waals surface area contributed by atoms with Crippen molar-refractivity contribution in [3.63, 3.8) is 0 Å². The molecule has 2 fully saturated rings. The highest BCUT2D eigenvalue weighted by Gasteiger charge is 2.36. The quantitative estimate of drug-likeness (QED) is 0.912. The van der Waals surface area contributed by atoms with Gasteiger partial charge in [-0.05, 0) is 25.0 Å². The van der Waals surface area contributed by atoms with E-state index in [1.165, 1.54) is 32.1 Å². The van der Waals surface area contributed by atoms with Gasteiger partial charge in [0.2, 0.25) is 11.8 Å². The largest absolute Gasteiger partial charge is 0.495 e. The van der Waals surface area contributed by atoms with Gasteiger partial charge in [0.1, 0.15) is 5.75 Å². The van der Waals surface area contributed by atoms with Crippen LogP contribution in [0.5, 0.6) is 5.75 Å². The molecule has 0 bridgehead atoms. The van der Waals surface area contributed by atoms with Crippen LogP contribution in [0.2, 0.25) is 0 Å². The summed E-state index contributed by atoms with van der Waals surface area (Å²) in [5.41, 5.74) is 0.747. The third-order valence-electron chi connectivity index (χ3n) is 5.32. The second-order valence-corrected chi connectivity index (χ2v) is 7.13. The van der Waals surface area contributed by atoms with Crippen molar-refractivity contribution < 1.29 is 14.3 Å². The van der Waals surface area contributed by atoms with Crippen LogP contribution in [-0.4, -0.2) is 31.5 Å². The second kappa shape index (κ2) is 8.37. The number of methoxy groups -OCH3 is 1. The Morgan fingerprint density at radius 3 is 2.52 bits per heavy atom. The van der Waals surface area contributed by atoms with Crippen LogP contribution in [-0.2, 0) is 9.59 Å². The zero-order valence-electron chi connectivity index (χ0n) is 15.0. The predicted octanol–water partition coefficient (Wildman–Crippen LogP) is 3.28. The molecule has 1 saturated heterocycles. The predicted molar refractivity (Wildman–Crippen MR) is 97.7 cm³/mol. The van der Waals surface area contributed by atoms with E-state index in [-0.39, 0.29) is 30.2 Å². The summed E-state index contributed by atoms with van der Waals surface area (Å²) < 4.78 is 5.35. The van der Waals surface area contributed by atoms with E-state index in [9.17, 15) is 9.59 Å². The van der Waals surface area contributed by atoms with Crippen LogP contribution in [0, 0.1) is 5.92 Å². The van der Waals surface area contributed by atoms with Crippen molar-refractivity contribution in [3.05, 3.63) is 24.3 Å². The van der Waals surface area contributed by atoms with Crippen LogP contribution in [0.25, 0.3) is 0 Å². The number of benzene rings is 1. The Morgan fingerprint density at radius 1 is 1.12 bits per heavy atom. The molecule has 5 heteroatoms. The van der Waals surface area contributed by atoms with Gasteiger partial charge in [-0.3, -0.25) is 9.59 Å². The van der Waals surface area contributed by atoms with E-state index in [1.807, 2.05) is 24.3 Å². The molecular formula is C20H28N2O3. The van der Waals surface area contributed by atoms with Gasteiger partial charge in [0.05, 0.1) is 18.7 Å². The Balaban J connectivity index is 1.62. The maximum absolute atomic E-state index is 12.7. The first-order valence-corrected chi connectivity index (χ1v) is 9.43. The first kappa shape index (κ1) is 17.8. The van der Waals surface area contributed by atoms with Crippen molar-refractivity contribution in [3.8, 4) is 5.75 Å². The molecule has 1 aromatic rings. The summed E-state index contributed by atoms with van der Waals surface area (Å²) >= 11 is 0. The molecule has 2 aliphatic rings. The number of carbonyl (C=O) groups excluding carboxylic acids is 2. The van der Waals surface area contributed by atoms with Gasteiger partial charge < -0.3 is 15.0 Å². The first-order chi connectivity index (χ1) is 12.2. The molecule has 1 aliphatic carbocycles. The van der Waals surface area contributed by atoms with E-state index in [0.29, 0.717) is 12.3 Å². The summed E-state index contributed by atoms with van der Waals surface area (Å²) in [5.74, 6) is 0.401. The van der Waals surface area contributed by atoms with E-state index in [4.69, 9.17) is 4.74 Å². The second-order valence-electron chi connectivity index (χ2n) is 7.13. The Labute approximate surface area is 149 Å². The minimum Gasteiger partial charge on any atom is -0.495 e. The average molecular weight is 344 g/mol. The minimum absolute atomic E-state index is 0.0117. The standard InChI is InChI=1S/C20H28N2O3/c1-25-18-12-8-7-11-17(18)22-14-15(13-19(22)23)20(24)21-16-9-5-3-2-4-6-10-16/h7-8,11-12,15-16H,2-6,9-10,13-14H2,1H3,(H,21,24). The first-order valence-electron chi connectivity index (χ1n) is 9.43. The molecule has 0 aromatic heterocycles. The molecule has 5 nitrogen and oxygen atoms in total. The van der Waals surface area contributed by atoms with Gasteiger partial charge in [0.15, 0.2) is 0 Å². The van der Waals surface area contributed by atoms with E-state index in [0.717, 1.165) is 18.5 Å². The number of carbonyl (C=O) groups is 2. The number of nitrogens with one attached hydrogen (secondary N) is 1. The molecule has 1 N–H and O–H groups in total. The van der Waals surface area contributed by atoms with Gasteiger partial charge in [0.25, 0.3) is 0 Å². The molecule has 1 heterocycles. The molecule has 1 saturated carbocycles. The Kier molecular flexibility index (Phi) is 5.95. The average Bonchev–Trinajstić information content (AvgIpc) is 2.99. The SMILES string of the molecule is COc1ccccc1N1CC(C(=O)NC2CCCCCCC2)CC1=O. The molecule has 1 aliphatic heterocycles. The van der Waals surface area contributed by atoms with Crippen LogP contribution in [0.4, 0.5) is 5.69 Å². The van der Waals surface area contributed by atoms with Gasteiger partial charge >= 0.3 is 0 Å². The third kappa shape index (κ3) is 4.33. The van der Waals surface area contributed by atoms with Gasteiger partial charge in [-0.15, -0.1) is 0 Å². The molecule has 1 unspecified atom stereocenters. The lowest BCUT2D eigenvalue weighted by atomic mass is 9.96. The molecule has 1 atom stereocenters. The summed E-state index contributed by atoms with van der Waals surface area (Å²) in [6, 6.07) is 7.73. The Hall–Kier alpha value is -2.04. The van der Waals surface area contributed by atoms with Crippen molar-refractivity contribution in [2.45, 2.75) is 57.4 Å². The molecule has 2 amide bonds. The molecule has 0 radical (unpaired) electrons. The Bertz CT molecular complexity index is 609. The highest BCUT2D eigenvalue weighted by atomic mass is 16.5. The van der Waals surface area contributed by atoms with E-state index in [1.54, 1.807) is 12.0 Å². The molecule has 3 rings (SSSR count). The number of rotatable bonds is 4. The Morgan fingerprint density at radius 2 is 1.80 bits per heavy atom. The summed E-state index contributed by atoms with van der Waals surface area (Å²) in [6.45, 7) is 0.428. The zero-order chi connectivity index (χ0) is 17.6. The summed E-state index contributed by atoms with van der Waals surface area (Å²) in [6.07, 6.45) is 8.59. The molecule has 1 aromatic carbocycles. The van der Waals surface area contributed by atoms with Gasteiger partial charge in [-0.2, -0.15) is 0 Å². The lowest BCUT2D eigenvalue weighted by Crippen LogP contribution is -2.40. The van der Waals surface area contributed by atoms with Crippen LogP contribution >= 0.6 is 0 Å². The fourth-order valence-electron chi connectivity index (χ4n) is 3.89. The van der Waals surface area contributed by atoms with Crippen molar-refractivity contribution in [2.75, 3.05) is 18.6 Å². The molecule has 25 heavy (non-hydrogen) atoms. The van der Waals surface area contributed by atoms with Gasteiger partial charge in [-0.1, -0.05) is 44.2 Å². The molecule has 136 valence electrons. The highest BCUT2D eigenvalue weighted by molar-refractivity contribution is 6.01. The number of amides is 2. The van der Waals surface area contributed by atoms with Crippen LogP contribution in [0.3, 0.4) is 0 Å².